The fraction of sp³-hybridized carbons (Fsp3) is 0.500. The van der Waals surface area contributed by atoms with Crippen LogP contribution in [0.25, 0.3) is 0 Å². The molecule has 0 fully saturated rings. The monoisotopic (exact) mass is 127 g/mol. The van der Waals surface area contributed by atoms with Crippen LogP contribution in [0.4, 0.5) is 0 Å². The summed E-state index contributed by atoms with van der Waals surface area (Å²) in [6, 6.07) is 0. The summed E-state index contributed by atoms with van der Waals surface area (Å²) in [5.41, 5.74) is 6.18. The van der Waals surface area contributed by atoms with Crippen molar-refractivity contribution in [1.82, 2.24) is 4.90 Å². The Hall–Kier alpha value is -0.990. The summed E-state index contributed by atoms with van der Waals surface area (Å²) in [4.78, 5) is 5.71. The molecule has 2 N–H and O–H groups in total. The van der Waals surface area contributed by atoms with Crippen LogP contribution in [0.15, 0.2) is 16.9 Å². The number of hydrogen-bond donors (Lipinski definition) is 1. The van der Waals surface area contributed by atoms with Crippen LogP contribution < -0.4 is 5.73 Å². The van der Waals surface area contributed by atoms with Crippen LogP contribution in [0.2, 0.25) is 0 Å². The largest absolute Gasteiger partial charge is 0.403 e. The van der Waals surface area contributed by atoms with E-state index >= 15 is 0 Å². The van der Waals surface area contributed by atoms with Gasteiger partial charge in [-0.3, -0.25) is 4.99 Å². The lowest BCUT2D eigenvalue weighted by molar-refractivity contribution is 0.540. The molecule has 0 unspecified atom stereocenters. The van der Waals surface area contributed by atoms with Gasteiger partial charge in [0, 0.05) is 33.6 Å². The minimum Gasteiger partial charge on any atom is -0.403 e. The minimum absolute atomic E-state index is 0.914. The van der Waals surface area contributed by atoms with Crippen molar-refractivity contribution in [1.29, 1.82) is 0 Å². The van der Waals surface area contributed by atoms with E-state index in [1.54, 1.807) is 13.3 Å². The van der Waals surface area contributed by atoms with Crippen molar-refractivity contribution in [2.45, 2.75) is 0 Å². The molecule has 0 bridgehead atoms. The van der Waals surface area contributed by atoms with Gasteiger partial charge in [-0.25, -0.2) is 0 Å². The van der Waals surface area contributed by atoms with Gasteiger partial charge in [-0.2, -0.15) is 0 Å². The summed E-state index contributed by atoms with van der Waals surface area (Å²) < 4.78 is 0. The summed E-state index contributed by atoms with van der Waals surface area (Å²) in [6.07, 6.45) is 3.23. The third kappa shape index (κ3) is 2.74. The number of nitrogens with two attached hydrogens (primary N) is 1. The van der Waals surface area contributed by atoms with Crippen molar-refractivity contribution in [3.05, 3.63) is 11.9 Å². The SMILES string of the molecule is C/N=C\C(=C/N)N(C)C. The Morgan fingerprint density at radius 2 is 2.11 bits per heavy atom. The Labute approximate surface area is 55.9 Å². The zero-order chi connectivity index (χ0) is 7.28. The molecule has 0 radical (unpaired) electrons. The van der Waals surface area contributed by atoms with Gasteiger partial charge < -0.3 is 10.6 Å². The van der Waals surface area contributed by atoms with E-state index in [1.165, 1.54) is 6.20 Å². The normalized spacial score (nSPS) is 12.6. The second-order valence-electron chi connectivity index (χ2n) is 1.87. The van der Waals surface area contributed by atoms with E-state index in [4.69, 9.17) is 5.73 Å². The number of aliphatic imine (C=N–C) groups is 1. The molecule has 0 spiro atoms. The number of rotatable bonds is 2. The van der Waals surface area contributed by atoms with Crippen LogP contribution in [0.1, 0.15) is 0 Å². The average molecular weight is 127 g/mol. The van der Waals surface area contributed by atoms with E-state index in [0.717, 1.165) is 5.70 Å². The second kappa shape index (κ2) is 3.95. The maximum Gasteiger partial charge on any atom is 0.0699 e. The third-order valence-electron chi connectivity index (χ3n) is 0.949. The predicted molar refractivity (Wildman–Crippen MR) is 40.4 cm³/mol. The Morgan fingerprint density at radius 1 is 1.56 bits per heavy atom. The van der Waals surface area contributed by atoms with Gasteiger partial charge in [0.25, 0.3) is 0 Å². The Morgan fingerprint density at radius 3 is 2.22 bits per heavy atom. The first-order valence-electron chi connectivity index (χ1n) is 2.73. The molecule has 52 valence electrons. The van der Waals surface area contributed by atoms with Gasteiger partial charge in [0.2, 0.25) is 0 Å². The first-order chi connectivity index (χ1) is 4.22. The van der Waals surface area contributed by atoms with Crippen LogP contribution in [0.3, 0.4) is 0 Å². The summed E-state index contributed by atoms with van der Waals surface area (Å²) in [7, 11) is 5.55. The summed E-state index contributed by atoms with van der Waals surface area (Å²) in [5, 5.41) is 0. The lowest BCUT2D eigenvalue weighted by Gasteiger charge is -2.10. The lowest BCUT2D eigenvalue weighted by Crippen LogP contribution is -2.13. The Balaban J connectivity index is 4.01. The van der Waals surface area contributed by atoms with Crippen LogP contribution in [0.5, 0.6) is 0 Å². The number of allylic oxidation sites excluding steroid dienone is 1. The average Bonchev–Trinajstić information content (AvgIpc) is 1.82. The van der Waals surface area contributed by atoms with Crippen molar-refractivity contribution in [2.75, 3.05) is 21.1 Å². The van der Waals surface area contributed by atoms with Crippen molar-refractivity contribution >= 4 is 6.21 Å². The van der Waals surface area contributed by atoms with Gasteiger partial charge in [-0.15, -0.1) is 0 Å². The molecule has 0 aromatic carbocycles. The molecule has 0 heterocycles. The maximum absolute atomic E-state index is 5.26. The van der Waals surface area contributed by atoms with Gasteiger partial charge in [0.05, 0.1) is 5.70 Å². The lowest BCUT2D eigenvalue weighted by atomic mass is 10.5. The molecule has 0 aromatic rings. The molecule has 9 heavy (non-hydrogen) atoms. The number of hydrogen-bond acceptors (Lipinski definition) is 3. The maximum atomic E-state index is 5.26. The van der Waals surface area contributed by atoms with Gasteiger partial charge in [-0.05, 0) is 0 Å². The van der Waals surface area contributed by atoms with Gasteiger partial charge in [0.1, 0.15) is 0 Å². The predicted octanol–water partition coefficient (Wildman–Crippen LogP) is 0.0487. The molecule has 0 amide bonds. The highest BCUT2D eigenvalue weighted by molar-refractivity contribution is 5.77. The Bertz CT molecular complexity index is 124. The van der Waals surface area contributed by atoms with Crippen LogP contribution in [-0.4, -0.2) is 32.3 Å². The molecule has 3 nitrogen and oxygen atoms in total. The molecule has 0 aliphatic rings. The van der Waals surface area contributed by atoms with E-state index in [1.807, 2.05) is 19.0 Å². The van der Waals surface area contributed by atoms with Crippen molar-refractivity contribution in [2.24, 2.45) is 10.7 Å². The first kappa shape index (κ1) is 8.01. The summed E-state index contributed by atoms with van der Waals surface area (Å²) in [5.74, 6) is 0. The molecule has 0 saturated heterocycles. The smallest absolute Gasteiger partial charge is 0.0699 e. The zero-order valence-electron chi connectivity index (χ0n) is 6.13. The second-order valence-corrected chi connectivity index (χ2v) is 1.87. The van der Waals surface area contributed by atoms with E-state index in [0.29, 0.717) is 0 Å². The van der Waals surface area contributed by atoms with Crippen LogP contribution in [0, 0.1) is 0 Å². The molecular formula is C6H13N3. The Kier molecular flexibility index (Phi) is 3.51. The van der Waals surface area contributed by atoms with Gasteiger partial charge in [-0.1, -0.05) is 0 Å². The zero-order valence-corrected chi connectivity index (χ0v) is 6.13. The molecule has 0 aliphatic carbocycles. The summed E-state index contributed by atoms with van der Waals surface area (Å²) in [6.45, 7) is 0. The fourth-order valence-corrected chi connectivity index (χ4v) is 0.440. The van der Waals surface area contributed by atoms with Crippen molar-refractivity contribution in [3.63, 3.8) is 0 Å². The van der Waals surface area contributed by atoms with Gasteiger partial charge >= 0.3 is 0 Å². The molecule has 0 aromatic heterocycles. The van der Waals surface area contributed by atoms with E-state index in [-0.39, 0.29) is 0 Å². The third-order valence-corrected chi connectivity index (χ3v) is 0.949. The molecular weight excluding hydrogens is 114 g/mol. The van der Waals surface area contributed by atoms with E-state index in [2.05, 4.69) is 4.99 Å². The molecule has 0 rings (SSSR count). The minimum atomic E-state index is 0.914. The standard InChI is InChI=1S/C6H13N3/c1-8-5-6(4-7)9(2)3/h4-5H,7H2,1-3H3/b6-4+,8-5-. The van der Waals surface area contributed by atoms with Crippen molar-refractivity contribution < 1.29 is 0 Å². The molecule has 3 heteroatoms. The highest BCUT2D eigenvalue weighted by atomic mass is 15.1. The summed E-state index contributed by atoms with van der Waals surface area (Å²) >= 11 is 0. The number of nitrogens with zero attached hydrogens (tertiary/aromatic N) is 2. The quantitative estimate of drug-likeness (QED) is 0.532. The van der Waals surface area contributed by atoms with Gasteiger partial charge in [0.15, 0.2) is 0 Å². The highest BCUT2D eigenvalue weighted by Crippen LogP contribution is 1.89. The molecule has 0 atom stereocenters. The van der Waals surface area contributed by atoms with E-state index in [9.17, 15) is 0 Å². The first-order valence-corrected chi connectivity index (χ1v) is 2.73. The van der Waals surface area contributed by atoms with Crippen molar-refractivity contribution in [3.8, 4) is 0 Å². The fourth-order valence-electron chi connectivity index (χ4n) is 0.440. The topological polar surface area (TPSA) is 41.6 Å². The van der Waals surface area contributed by atoms with Crippen LogP contribution in [-0.2, 0) is 0 Å². The molecule has 0 aliphatic heterocycles. The van der Waals surface area contributed by atoms with Crippen LogP contribution >= 0.6 is 0 Å². The molecule has 0 saturated carbocycles. The highest BCUT2D eigenvalue weighted by Gasteiger charge is 1.90. The van der Waals surface area contributed by atoms with E-state index < -0.39 is 0 Å².